The fourth-order valence-corrected chi connectivity index (χ4v) is 13.7. The van der Waals surface area contributed by atoms with Crippen molar-refractivity contribution in [2.75, 3.05) is 0 Å². The molecule has 5 heterocycles. The molecule has 6 heteroatoms. The topological polar surface area (TPSA) is 56.4 Å². The van der Waals surface area contributed by atoms with Crippen molar-refractivity contribution in [3.63, 3.8) is 0 Å². The summed E-state index contributed by atoms with van der Waals surface area (Å²) in [7, 11) is 0. The average molecular weight is 1050 g/mol. The van der Waals surface area contributed by atoms with Crippen LogP contribution in [0.15, 0.2) is 231 Å². The lowest BCUT2D eigenvalue weighted by Crippen LogP contribution is -2.17. The molecule has 0 aliphatic rings. The molecule has 0 atom stereocenters. The predicted molar refractivity (Wildman–Crippen MR) is 344 cm³/mol. The summed E-state index contributed by atoms with van der Waals surface area (Å²) in [4.78, 5) is 4.93. The molecule has 0 aliphatic carbocycles. The minimum absolute atomic E-state index is 0.120. The summed E-state index contributed by atoms with van der Waals surface area (Å²) in [5.74, 6) is 0. The molecule has 0 amide bonds. The van der Waals surface area contributed by atoms with Gasteiger partial charge in [0.2, 0.25) is 0 Å². The van der Waals surface area contributed by atoms with Crippen molar-refractivity contribution in [3.8, 4) is 39.9 Å². The van der Waals surface area contributed by atoms with E-state index in [1.54, 1.807) is 0 Å². The molecule has 82 heavy (non-hydrogen) atoms. The number of pyridine rings is 1. The largest absolute Gasteiger partial charge is 0.306 e. The molecule has 390 valence electrons. The number of nitriles is 1. The van der Waals surface area contributed by atoms with Crippen LogP contribution in [0, 0.1) is 11.3 Å². The van der Waals surface area contributed by atoms with Gasteiger partial charge in [0.05, 0.1) is 72.4 Å². The molecule has 0 unspecified atom stereocenters. The Kier molecular flexibility index (Phi) is 10.1. The van der Waals surface area contributed by atoms with Crippen LogP contribution in [0.1, 0.15) is 58.2 Å². The molecule has 0 fully saturated rings. The molecule has 0 saturated heterocycles. The highest BCUT2D eigenvalue weighted by molar-refractivity contribution is 6.23. The summed E-state index contributed by atoms with van der Waals surface area (Å²) in [5, 5.41) is 26.5. The molecule has 0 bridgehead atoms. The first-order chi connectivity index (χ1) is 40.0. The maximum Gasteiger partial charge on any atom is 0.102 e. The number of para-hydroxylation sites is 4. The lowest BCUT2D eigenvalue weighted by atomic mass is 9.86. The van der Waals surface area contributed by atoms with E-state index in [9.17, 15) is 5.26 Å². The number of hydrogen-bond donors (Lipinski definition) is 0. The second kappa shape index (κ2) is 17.4. The predicted octanol–water partition coefficient (Wildman–Crippen LogP) is 19.9. The zero-order valence-corrected chi connectivity index (χ0v) is 46.6. The van der Waals surface area contributed by atoms with E-state index in [-0.39, 0.29) is 10.8 Å². The Morgan fingerprint density at radius 1 is 0.341 bits per heavy atom. The lowest BCUT2D eigenvalue weighted by molar-refractivity contribution is 0.591. The van der Waals surface area contributed by atoms with Crippen LogP contribution in [0.4, 0.5) is 0 Å². The third-order valence-electron chi connectivity index (χ3n) is 17.5. The van der Waals surface area contributed by atoms with E-state index < -0.39 is 0 Å². The highest BCUT2D eigenvalue weighted by atomic mass is 15.1. The van der Waals surface area contributed by atoms with Crippen molar-refractivity contribution < 1.29 is 0 Å². The van der Waals surface area contributed by atoms with E-state index in [0.717, 1.165) is 143 Å². The minimum Gasteiger partial charge on any atom is -0.306 e. The van der Waals surface area contributed by atoms with Crippen LogP contribution >= 0.6 is 0 Å². The number of fused-ring (bicyclic) bond motifs is 16. The number of hydrogen-bond acceptors (Lipinski definition) is 2. The molecule has 11 aromatic carbocycles. The highest BCUT2D eigenvalue weighted by Crippen LogP contribution is 2.53. The van der Waals surface area contributed by atoms with Gasteiger partial charge < -0.3 is 18.3 Å². The van der Waals surface area contributed by atoms with E-state index in [4.69, 9.17) is 4.98 Å². The van der Waals surface area contributed by atoms with Gasteiger partial charge in [-0.05, 0) is 87.3 Å². The van der Waals surface area contributed by atoms with Gasteiger partial charge in [0.1, 0.15) is 6.07 Å². The van der Waals surface area contributed by atoms with Gasteiger partial charge in [-0.2, -0.15) is 5.26 Å². The van der Waals surface area contributed by atoms with E-state index in [0.29, 0.717) is 5.56 Å². The molecule has 0 aliphatic heterocycles. The van der Waals surface area contributed by atoms with Gasteiger partial charge in [-0.1, -0.05) is 205 Å². The van der Waals surface area contributed by atoms with Crippen molar-refractivity contribution in [2.24, 2.45) is 0 Å². The number of aromatic nitrogens is 5. The third-order valence-corrected chi connectivity index (χ3v) is 17.5. The fraction of sp³-hybridized carbons (Fsp3) is 0.105. The molecule has 16 aromatic rings. The number of rotatable bonds is 5. The van der Waals surface area contributed by atoms with Gasteiger partial charge in [-0.3, -0.25) is 4.98 Å². The third kappa shape index (κ3) is 6.71. The molecule has 0 saturated carbocycles. The summed E-state index contributed by atoms with van der Waals surface area (Å²) in [5.41, 5.74) is 16.1. The zero-order chi connectivity index (χ0) is 55.3. The highest BCUT2D eigenvalue weighted by Gasteiger charge is 2.36. The van der Waals surface area contributed by atoms with Crippen molar-refractivity contribution in [3.05, 3.63) is 247 Å². The first kappa shape index (κ1) is 47.8. The Labute approximate surface area is 474 Å². The lowest BCUT2D eigenvalue weighted by Gasteiger charge is -2.30. The maximum absolute atomic E-state index is 12.9. The second-order valence-electron chi connectivity index (χ2n) is 24.2. The fourth-order valence-electron chi connectivity index (χ4n) is 13.7. The quantitative estimate of drug-likeness (QED) is 0.172. The van der Waals surface area contributed by atoms with Crippen LogP contribution in [0.3, 0.4) is 0 Å². The van der Waals surface area contributed by atoms with Crippen LogP contribution in [0.2, 0.25) is 0 Å². The first-order valence-electron chi connectivity index (χ1n) is 28.4. The van der Waals surface area contributed by atoms with E-state index in [1.165, 1.54) is 11.1 Å². The van der Waals surface area contributed by atoms with Gasteiger partial charge in [-0.25, -0.2) is 0 Å². The Bertz CT molecular complexity index is 5430. The van der Waals surface area contributed by atoms with E-state index >= 15 is 0 Å². The molecule has 16 rings (SSSR count). The Hall–Kier alpha value is -10.2. The summed E-state index contributed by atoms with van der Waals surface area (Å²) < 4.78 is 10.0. The molecule has 5 aromatic heterocycles. The van der Waals surface area contributed by atoms with Gasteiger partial charge in [0, 0.05) is 77.4 Å². The van der Waals surface area contributed by atoms with Crippen molar-refractivity contribution in [1.29, 1.82) is 5.26 Å². The molecule has 0 radical (unpaired) electrons. The van der Waals surface area contributed by atoms with Crippen LogP contribution in [0.5, 0.6) is 0 Å². The van der Waals surface area contributed by atoms with Gasteiger partial charge in [-0.15, -0.1) is 0 Å². The van der Waals surface area contributed by atoms with Crippen LogP contribution in [-0.4, -0.2) is 23.3 Å². The Morgan fingerprint density at radius 3 is 1.17 bits per heavy atom. The summed E-state index contributed by atoms with van der Waals surface area (Å²) in [6.45, 7) is 13.7. The van der Waals surface area contributed by atoms with Crippen molar-refractivity contribution in [2.45, 2.75) is 52.4 Å². The normalized spacial score (nSPS) is 12.5. The van der Waals surface area contributed by atoms with Gasteiger partial charge >= 0.3 is 0 Å². The molecular weight excluding hydrogens is 997 g/mol. The van der Waals surface area contributed by atoms with E-state index in [1.807, 2.05) is 18.5 Å². The smallest absolute Gasteiger partial charge is 0.102 e. The second-order valence-corrected chi connectivity index (χ2v) is 24.2. The average Bonchev–Trinajstić information content (AvgIpc) is 2.02. The number of nitrogens with zero attached hydrogens (tertiary/aromatic N) is 6. The van der Waals surface area contributed by atoms with Crippen LogP contribution in [-0.2, 0) is 10.8 Å². The van der Waals surface area contributed by atoms with E-state index in [2.05, 4.69) is 278 Å². The maximum atomic E-state index is 12.9. The summed E-state index contributed by atoms with van der Waals surface area (Å²) >= 11 is 0. The van der Waals surface area contributed by atoms with Crippen LogP contribution < -0.4 is 0 Å². The zero-order valence-electron chi connectivity index (χ0n) is 46.6. The first-order valence-corrected chi connectivity index (χ1v) is 28.4. The number of benzene rings is 11. The SMILES string of the molecule is CC(C)(C)c1ccc2c(c1)c1ccccc1n2-c1c(C#N)c(-c2cccnc2)c(-n2c3ccccc3c3cc(C(C)(C)C)ccc32)c(-n2c3ccccc3c3ccc4ccccc4c32)c1-n1c2ccccc2c2ccc3ccccc3c21. The van der Waals surface area contributed by atoms with Gasteiger partial charge in [0.25, 0.3) is 0 Å². The molecule has 0 N–H and O–H groups in total. The Balaban J connectivity index is 1.29. The minimum atomic E-state index is -0.123. The monoisotopic (exact) mass is 1050 g/mol. The molecule has 0 spiro atoms. The van der Waals surface area contributed by atoms with Crippen molar-refractivity contribution in [1.82, 2.24) is 23.3 Å². The molecule has 6 nitrogen and oxygen atoms in total. The molecular formula is C76H56N6. The van der Waals surface area contributed by atoms with Gasteiger partial charge in [0.15, 0.2) is 0 Å². The summed E-state index contributed by atoms with van der Waals surface area (Å²) in [6.07, 6.45) is 3.79. The Morgan fingerprint density at radius 2 is 0.732 bits per heavy atom. The standard InChI is InChI=1S/C76H56N6/c1-75(2,3)49-35-39-66-59(42-49)55-27-13-15-29-62(55)79(66)71-61(44-77)68(48-22-19-41-78-45-48)72(80-63-30-16-14-28-56(63)60-43-50(76(4,5)6)36-40-67(60)80)74(82-65-32-18-12-26-54(65)58-38-34-47-21-8-10-24-52(47)70(58)82)73(71)81-64-31-17-11-25-53(64)57-37-33-46-20-7-9-23-51(46)69(57)81/h7-43,45H,1-6H3. The van der Waals surface area contributed by atoms with Crippen LogP contribution in [0.25, 0.3) is 143 Å². The summed E-state index contributed by atoms with van der Waals surface area (Å²) in [6, 6.07) is 83.3. The van der Waals surface area contributed by atoms with Crippen molar-refractivity contribution >= 4 is 109 Å².